The normalized spacial score (nSPS) is 13.0. The molecule has 0 aliphatic carbocycles. The van der Waals surface area contributed by atoms with Gasteiger partial charge < -0.3 is 14.5 Å². The number of aryl methyl sites for hydroxylation is 2. The number of carboxylic acids is 1. The molecule has 0 heterocycles. The van der Waals surface area contributed by atoms with E-state index < -0.39 is 29.1 Å². The highest BCUT2D eigenvalue weighted by Gasteiger charge is 2.32. The number of hydrogen-bond donors (Lipinski definition) is 1. The molecule has 1 atom stereocenters. The van der Waals surface area contributed by atoms with Gasteiger partial charge in [-0.25, -0.2) is 17.5 Å². The molecule has 296 valence electrons. The average molecular weight is 785 g/mol. The van der Waals surface area contributed by atoms with Crippen LogP contribution in [0.1, 0.15) is 96.4 Å². The van der Waals surface area contributed by atoms with Gasteiger partial charge in [0.1, 0.15) is 23.5 Å². The second kappa shape index (κ2) is 20.7. The van der Waals surface area contributed by atoms with Gasteiger partial charge in [-0.3, -0.25) is 4.79 Å². The number of benzene rings is 3. The summed E-state index contributed by atoms with van der Waals surface area (Å²) in [5.41, 5.74) is 4.38. The van der Waals surface area contributed by atoms with E-state index in [1.54, 1.807) is 23.4 Å². The molecule has 0 aliphatic heterocycles. The van der Waals surface area contributed by atoms with E-state index in [0.29, 0.717) is 22.2 Å². The first kappa shape index (κ1) is 45.2. The lowest BCUT2D eigenvalue weighted by Crippen LogP contribution is -2.51. The van der Waals surface area contributed by atoms with Gasteiger partial charge in [0.05, 0.1) is 31.2 Å². The van der Waals surface area contributed by atoms with Gasteiger partial charge in [0.15, 0.2) is 0 Å². The van der Waals surface area contributed by atoms with Crippen LogP contribution in [0, 0.1) is 31.3 Å². The number of allylic oxidation sites excluding steroid dienone is 2. The molecule has 0 amide bonds. The van der Waals surface area contributed by atoms with Crippen LogP contribution in [0.4, 0.5) is 18.9 Å². The smallest absolute Gasteiger partial charge is 0.321 e. The lowest BCUT2D eigenvalue weighted by atomic mass is 9.79. The number of nitrogens with zero attached hydrogens (tertiary/aromatic N) is 3. The maximum Gasteiger partial charge on any atom is 0.321 e. The molecule has 0 aliphatic rings. The van der Waals surface area contributed by atoms with Crippen LogP contribution in [0.3, 0.4) is 0 Å². The van der Waals surface area contributed by atoms with Gasteiger partial charge in [-0.15, -0.1) is 11.8 Å². The number of hydrogen-bond acceptors (Lipinski definition) is 5. The van der Waals surface area contributed by atoms with Gasteiger partial charge in [-0.2, -0.15) is 0 Å². The zero-order valence-electron chi connectivity index (χ0n) is 33.8. The van der Waals surface area contributed by atoms with Crippen LogP contribution in [0.5, 0.6) is 0 Å². The summed E-state index contributed by atoms with van der Waals surface area (Å²) in [6.07, 6.45) is 5.99. The molecule has 3 rings (SSSR count). The van der Waals surface area contributed by atoms with Crippen molar-refractivity contribution < 1.29 is 27.6 Å². The Balaban J connectivity index is 1.86. The number of anilines is 1. The van der Waals surface area contributed by atoms with Crippen molar-refractivity contribution in [3.8, 4) is 0 Å². The lowest BCUT2D eigenvalue weighted by Gasteiger charge is -2.39. The number of halogens is 3. The number of carboxylic acid groups (broad SMARTS) is 1. The van der Waals surface area contributed by atoms with Crippen molar-refractivity contribution in [3.63, 3.8) is 0 Å². The number of carbonyl (C=O) groups is 1. The highest BCUT2D eigenvalue weighted by Crippen LogP contribution is 2.42. The fraction of sp³-hybridized carbons (Fsp3) is 0.477. The maximum absolute atomic E-state index is 15.8. The van der Waals surface area contributed by atoms with Gasteiger partial charge in [0.2, 0.25) is 0 Å². The van der Waals surface area contributed by atoms with Crippen LogP contribution >= 0.6 is 23.7 Å². The minimum atomic E-state index is -0.988. The first-order chi connectivity index (χ1) is 25.5. The largest absolute Gasteiger partial charge is 0.480 e. The topological polar surface area (TPSA) is 43.8 Å². The van der Waals surface area contributed by atoms with Crippen LogP contribution in [0.2, 0.25) is 0 Å². The molecule has 0 bridgehead atoms. The van der Waals surface area contributed by atoms with E-state index in [2.05, 4.69) is 73.2 Å². The summed E-state index contributed by atoms with van der Waals surface area (Å²) < 4.78 is 48.4. The monoisotopic (exact) mass is 784 g/mol. The third-order valence-corrected chi connectivity index (χ3v) is 12.5. The predicted octanol–water partition coefficient (Wildman–Crippen LogP) is 12.0. The Bertz CT molecular complexity index is 1710. The third-order valence-electron chi connectivity index (χ3n) is 10.3. The van der Waals surface area contributed by atoms with Crippen LogP contribution < -0.4 is 4.90 Å². The molecule has 1 N–H and O–H groups in total. The average Bonchev–Trinajstić information content (AvgIpc) is 3.11. The lowest BCUT2D eigenvalue weighted by molar-refractivity contribution is -0.928. The van der Waals surface area contributed by atoms with Crippen LogP contribution in [-0.2, 0) is 16.0 Å². The first-order valence-electron chi connectivity index (χ1n) is 19.2. The van der Waals surface area contributed by atoms with Crippen LogP contribution in [-0.4, -0.2) is 58.6 Å². The van der Waals surface area contributed by atoms with E-state index in [1.165, 1.54) is 41.6 Å². The standard InChI is InChI=1S/C44H60F3N3O2S2/c1-11-23-50(24-12-2,25-13-3)26-15-22-48(33(7)43(51)52)54-38-28-40(46)39(41(47)29-38)30-53-34(8)49(37-20-18-36(45)19-21-37)42(14-4)44(9,10)35-17-16-31(5)32(6)27-35/h14,16-21,27-29,33H,8,11-13,15,22-26,30H2,1-7,9-10H3/p+1/b42-14-. The number of quaternary nitrogens is 1. The summed E-state index contributed by atoms with van der Waals surface area (Å²) in [5.74, 6) is -2.82. The molecular formula is C44H61F3N3O2S2+. The molecule has 3 aromatic carbocycles. The molecule has 0 spiro atoms. The highest BCUT2D eigenvalue weighted by atomic mass is 32.2. The Kier molecular flexibility index (Phi) is 17.3. The van der Waals surface area contributed by atoms with Gasteiger partial charge in [-0.1, -0.05) is 65.5 Å². The minimum absolute atomic E-state index is 0.0399. The zero-order chi connectivity index (χ0) is 40.2. The summed E-state index contributed by atoms with van der Waals surface area (Å²) in [6.45, 7) is 27.5. The van der Waals surface area contributed by atoms with E-state index in [0.717, 1.165) is 85.1 Å². The molecule has 0 radical (unpaired) electrons. The van der Waals surface area contributed by atoms with E-state index in [9.17, 15) is 14.3 Å². The van der Waals surface area contributed by atoms with E-state index in [4.69, 9.17) is 0 Å². The first-order valence-corrected chi connectivity index (χ1v) is 20.9. The fourth-order valence-electron chi connectivity index (χ4n) is 7.28. The van der Waals surface area contributed by atoms with Crippen molar-refractivity contribution in [1.82, 2.24) is 4.31 Å². The van der Waals surface area contributed by atoms with Gasteiger partial charge in [0.25, 0.3) is 0 Å². The Morgan fingerprint density at radius 2 is 1.48 bits per heavy atom. The minimum Gasteiger partial charge on any atom is -0.480 e. The van der Waals surface area contributed by atoms with Gasteiger partial charge in [0, 0.05) is 46.0 Å². The molecule has 3 aromatic rings. The summed E-state index contributed by atoms with van der Waals surface area (Å²) in [6, 6.07) is 14.2. The van der Waals surface area contributed by atoms with Crippen LogP contribution in [0.15, 0.2) is 82.9 Å². The van der Waals surface area contributed by atoms with Crippen molar-refractivity contribution >= 4 is 35.4 Å². The second-order valence-electron chi connectivity index (χ2n) is 14.8. The van der Waals surface area contributed by atoms with Crippen molar-refractivity contribution in [2.45, 2.75) is 110 Å². The van der Waals surface area contributed by atoms with E-state index in [1.807, 2.05) is 17.9 Å². The van der Waals surface area contributed by atoms with Crippen molar-refractivity contribution in [2.75, 3.05) is 37.6 Å². The molecule has 54 heavy (non-hydrogen) atoms. The Hall–Kier alpha value is -3.18. The predicted molar refractivity (Wildman–Crippen MR) is 223 cm³/mol. The SMILES string of the molecule is C=C(SCc1c(F)cc(SN(CCC[N+](CCC)(CCC)CCC)C(C)C(=O)O)cc1F)N(/C(=C\C)C(C)(C)c1ccc(C)c(C)c1)c1ccc(F)cc1. The third kappa shape index (κ3) is 11.7. The summed E-state index contributed by atoms with van der Waals surface area (Å²) >= 11 is 2.28. The van der Waals surface area contributed by atoms with E-state index in [-0.39, 0.29) is 17.1 Å². The molecule has 0 aromatic heterocycles. The van der Waals surface area contributed by atoms with Crippen molar-refractivity contribution in [3.05, 3.63) is 118 Å². The molecule has 0 saturated heterocycles. The quantitative estimate of drug-likeness (QED) is 0.0809. The molecule has 0 fully saturated rings. The second-order valence-corrected chi connectivity index (χ2v) is 17.0. The molecule has 10 heteroatoms. The van der Waals surface area contributed by atoms with Gasteiger partial charge >= 0.3 is 5.97 Å². The van der Waals surface area contributed by atoms with Crippen molar-refractivity contribution in [1.29, 1.82) is 0 Å². The summed E-state index contributed by atoms with van der Waals surface area (Å²) in [5, 5.41) is 10.4. The Morgan fingerprint density at radius 3 is 1.98 bits per heavy atom. The number of aliphatic carboxylic acids is 1. The summed E-state index contributed by atoms with van der Waals surface area (Å²) in [4.78, 5) is 14.3. The molecular weight excluding hydrogens is 724 g/mol. The molecule has 0 saturated carbocycles. The Labute approximate surface area is 331 Å². The zero-order valence-corrected chi connectivity index (χ0v) is 35.4. The Morgan fingerprint density at radius 1 is 0.907 bits per heavy atom. The van der Waals surface area contributed by atoms with Crippen molar-refractivity contribution in [2.24, 2.45) is 0 Å². The summed E-state index contributed by atoms with van der Waals surface area (Å²) in [7, 11) is 0. The highest BCUT2D eigenvalue weighted by molar-refractivity contribution is 8.02. The number of rotatable bonds is 22. The number of thioether (sulfide) groups is 1. The maximum atomic E-state index is 15.8. The van der Waals surface area contributed by atoms with Crippen LogP contribution in [0.25, 0.3) is 0 Å². The fourth-order valence-corrected chi connectivity index (χ4v) is 9.25. The molecule has 5 nitrogen and oxygen atoms in total. The van der Waals surface area contributed by atoms with Gasteiger partial charge in [-0.05, 0) is 112 Å². The molecule has 1 unspecified atom stereocenters. The van der Waals surface area contributed by atoms with E-state index >= 15 is 8.78 Å².